The maximum atomic E-state index is 12.3. The van der Waals surface area contributed by atoms with Crippen molar-refractivity contribution in [3.05, 3.63) is 33.9 Å². The molecule has 6 heteroatoms. The Balaban J connectivity index is 3.25. The van der Waals surface area contributed by atoms with E-state index < -0.39 is 4.92 Å². The molecule has 0 bridgehead atoms. The molecule has 110 valence electrons. The molecule has 1 rings (SSSR count). The van der Waals surface area contributed by atoms with E-state index in [2.05, 4.69) is 5.32 Å². The molecule has 1 aromatic carbocycles. The Bertz CT molecular complexity index is 500. The summed E-state index contributed by atoms with van der Waals surface area (Å²) in [4.78, 5) is 24.6. The fourth-order valence-corrected chi connectivity index (χ4v) is 1.74. The molecule has 0 saturated carbocycles. The van der Waals surface area contributed by atoms with Gasteiger partial charge in [0.15, 0.2) is 0 Å². The minimum atomic E-state index is -0.501. The summed E-state index contributed by atoms with van der Waals surface area (Å²) in [5, 5.41) is 14.3. The van der Waals surface area contributed by atoms with E-state index in [1.807, 2.05) is 20.8 Å². The first-order valence-electron chi connectivity index (χ1n) is 6.68. The molecule has 0 saturated heterocycles. The predicted molar refractivity (Wildman–Crippen MR) is 79.1 cm³/mol. The summed E-state index contributed by atoms with van der Waals surface area (Å²) < 4.78 is 0. The number of carbonyl (C=O) groups is 1. The second kappa shape index (κ2) is 6.88. The molecule has 0 heterocycles. The van der Waals surface area contributed by atoms with Crippen molar-refractivity contribution < 1.29 is 9.72 Å². The minimum Gasteiger partial charge on any atom is -0.379 e. The third kappa shape index (κ3) is 3.46. The normalized spacial score (nSPS) is 10.4. The van der Waals surface area contributed by atoms with Gasteiger partial charge in [-0.25, -0.2) is 0 Å². The Morgan fingerprint density at radius 3 is 2.60 bits per heavy atom. The molecular weight excluding hydrogens is 258 g/mol. The van der Waals surface area contributed by atoms with E-state index in [0.717, 1.165) is 6.42 Å². The largest absolute Gasteiger partial charge is 0.379 e. The number of hydrogen-bond acceptors (Lipinski definition) is 4. The molecule has 6 nitrogen and oxygen atoms in total. The number of nitro groups is 1. The molecule has 0 aliphatic carbocycles. The van der Waals surface area contributed by atoms with E-state index in [9.17, 15) is 14.9 Å². The maximum absolute atomic E-state index is 12.3. The highest BCUT2D eigenvalue weighted by Crippen LogP contribution is 2.29. The lowest BCUT2D eigenvalue weighted by atomic mass is 10.1. The quantitative estimate of drug-likeness (QED) is 0.641. The summed E-state index contributed by atoms with van der Waals surface area (Å²) in [7, 11) is 1.64. The first kappa shape index (κ1) is 15.9. The Hall–Kier alpha value is -2.11. The molecule has 0 aliphatic heterocycles. The summed E-state index contributed by atoms with van der Waals surface area (Å²) in [6, 6.07) is 4.76. The molecule has 0 atom stereocenters. The van der Waals surface area contributed by atoms with Gasteiger partial charge in [-0.15, -0.1) is 0 Å². The zero-order valence-electron chi connectivity index (χ0n) is 12.3. The third-order valence-corrected chi connectivity index (χ3v) is 3.11. The minimum absolute atomic E-state index is 0.0191. The third-order valence-electron chi connectivity index (χ3n) is 3.11. The molecule has 1 N–H and O–H groups in total. The number of amides is 1. The molecule has 0 fully saturated rings. The molecule has 20 heavy (non-hydrogen) atoms. The number of nitrogens with one attached hydrogen (secondary N) is 1. The van der Waals surface area contributed by atoms with Gasteiger partial charge >= 0.3 is 5.69 Å². The van der Waals surface area contributed by atoms with Crippen molar-refractivity contribution in [3.8, 4) is 0 Å². The average Bonchev–Trinajstić information content (AvgIpc) is 2.42. The van der Waals surface area contributed by atoms with Crippen LogP contribution in [0.2, 0.25) is 0 Å². The molecule has 0 aromatic heterocycles. The van der Waals surface area contributed by atoms with Crippen LogP contribution in [-0.4, -0.2) is 35.4 Å². The molecule has 1 amide bonds. The number of anilines is 1. The van der Waals surface area contributed by atoms with E-state index in [4.69, 9.17) is 0 Å². The van der Waals surface area contributed by atoms with Crippen molar-refractivity contribution in [2.24, 2.45) is 0 Å². The van der Waals surface area contributed by atoms with Crippen molar-refractivity contribution in [1.29, 1.82) is 0 Å². The van der Waals surface area contributed by atoms with Crippen molar-refractivity contribution in [1.82, 2.24) is 4.90 Å². The van der Waals surface area contributed by atoms with Gasteiger partial charge in [-0.05, 0) is 32.4 Å². The smallest absolute Gasteiger partial charge is 0.305 e. The maximum Gasteiger partial charge on any atom is 0.305 e. The van der Waals surface area contributed by atoms with Crippen LogP contribution in [0, 0.1) is 10.1 Å². The Labute approximate surface area is 118 Å². The van der Waals surface area contributed by atoms with E-state index >= 15 is 0 Å². The highest BCUT2D eigenvalue weighted by atomic mass is 16.6. The van der Waals surface area contributed by atoms with Gasteiger partial charge in [0.1, 0.15) is 11.3 Å². The highest BCUT2D eigenvalue weighted by Gasteiger charge is 2.27. The summed E-state index contributed by atoms with van der Waals surface area (Å²) in [6.07, 6.45) is 0.848. The van der Waals surface area contributed by atoms with Crippen LogP contribution < -0.4 is 5.32 Å². The van der Waals surface area contributed by atoms with Crippen molar-refractivity contribution in [2.75, 3.05) is 18.9 Å². The highest BCUT2D eigenvalue weighted by molar-refractivity contribution is 6.00. The Kier molecular flexibility index (Phi) is 5.49. The lowest BCUT2D eigenvalue weighted by Gasteiger charge is -2.21. The lowest BCUT2D eigenvalue weighted by molar-refractivity contribution is -0.384. The number of rotatable bonds is 6. The standard InChI is InChI=1S/C14H21N3O3/c1-5-9-15-12-8-6-7-11(13(12)17(19)20)14(18)16(4)10(2)3/h6-8,10,15H,5,9H2,1-4H3. The van der Waals surface area contributed by atoms with E-state index in [1.165, 1.54) is 11.0 Å². The van der Waals surface area contributed by atoms with Gasteiger partial charge in [0.05, 0.1) is 4.92 Å². The van der Waals surface area contributed by atoms with Crippen LogP contribution in [0.15, 0.2) is 18.2 Å². The van der Waals surface area contributed by atoms with E-state index in [-0.39, 0.29) is 23.2 Å². The van der Waals surface area contributed by atoms with Gasteiger partial charge in [-0.2, -0.15) is 0 Å². The van der Waals surface area contributed by atoms with Gasteiger partial charge in [0.25, 0.3) is 5.91 Å². The topological polar surface area (TPSA) is 75.5 Å². The zero-order chi connectivity index (χ0) is 15.3. The number of para-hydroxylation sites is 1. The first-order valence-corrected chi connectivity index (χ1v) is 6.68. The fourth-order valence-electron chi connectivity index (χ4n) is 1.74. The molecular formula is C14H21N3O3. The number of hydrogen-bond donors (Lipinski definition) is 1. The second-order valence-corrected chi connectivity index (χ2v) is 4.90. The monoisotopic (exact) mass is 279 g/mol. The molecule has 0 radical (unpaired) electrons. The van der Waals surface area contributed by atoms with Crippen molar-refractivity contribution >= 4 is 17.3 Å². The van der Waals surface area contributed by atoms with Crippen molar-refractivity contribution in [3.63, 3.8) is 0 Å². The Morgan fingerprint density at radius 1 is 1.45 bits per heavy atom. The summed E-state index contributed by atoms with van der Waals surface area (Å²) in [6.45, 7) is 6.32. The number of benzene rings is 1. The second-order valence-electron chi connectivity index (χ2n) is 4.90. The van der Waals surface area contributed by atoms with Crippen molar-refractivity contribution in [2.45, 2.75) is 33.2 Å². The fraction of sp³-hybridized carbons (Fsp3) is 0.500. The van der Waals surface area contributed by atoms with E-state index in [1.54, 1.807) is 19.2 Å². The van der Waals surface area contributed by atoms with Crippen LogP contribution in [0.25, 0.3) is 0 Å². The number of carbonyl (C=O) groups excluding carboxylic acids is 1. The SMILES string of the molecule is CCCNc1cccc(C(=O)N(C)C(C)C)c1[N+](=O)[O-]. The van der Waals surface area contributed by atoms with Crippen LogP contribution in [-0.2, 0) is 0 Å². The summed E-state index contributed by atoms with van der Waals surface area (Å²) in [5.41, 5.74) is 0.352. The van der Waals surface area contributed by atoms with Gasteiger partial charge < -0.3 is 10.2 Å². The van der Waals surface area contributed by atoms with E-state index in [0.29, 0.717) is 12.2 Å². The predicted octanol–water partition coefficient (Wildman–Crippen LogP) is 2.90. The Morgan fingerprint density at radius 2 is 2.10 bits per heavy atom. The van der Waals surface area contributed by atoms with Crippen LogP contribution in [0.1, 0.15) is 37.6 Å². The zero-order valence-corrected chi connectivity index (χ0v) is 12.3. The van der Waals surface area contributed by atoms with Crippen LogP contribution in [0.4, 0.5) is 11.4 Å². The number of nitro benzene ring substituents is 1. The van der Waals surface area contributed by atoms with Gasteiger partial charge in [0, 0.05) is 19.6 Å². The van der Waals surface area contributed by atoms with Crippen LogP contribution >= 0.6 is 0 Å². The molecule has 0 aliphatic rings. The lowest BCUT2D eigenvalue weighted by Crippen LogP contribution is -2.33. The summed E-state index contributed by atoms with van der Waals surface area (Å²) in [5.74, 6) is -0.341. The summed E-state index contributed by atoms with van der Waals surface area (Å²) >= 11 is 0. The van der Waals surface area contributed by atoms with Crippen LogP contribution in [0.5, 0.6) is 0 Å². The van der Waals surface area contributed by atoms with Crippen LogP contribution in [0.3, 0.4) is 0 Å². The molecule has 0 unspecified atom stereocenters. The number of nitrogens with zero attached hydrogens (tertiary/aromatic N) is 2. The molecule has 1 aromatic rings. The molecule has 0 spiro atoms. The average molecular weight is 279 g/mol. The van der Waals surface area contributed by atoms with Gasteiger partial charge in [0.2, 0.25) is 0 Å². The van der Waals surface area contributed by atoms with Gasteiger partial charge in [-0.3, -0.25) is 14.9 Å². The first-order chi connectivity index (χ1) is 9.40. The van der Waals surface area contributed by atoms with Gasteiger partial charge in [-0.1, -0.05) is 13.0 Å².